The van der Waals surface area contributed by atoms with Gasteiger partial charge < -0.3 is 4.90 Å². The van der Waals surface area contributed by atoms with Gasteiger partial charge in [-0.25, -0.2) is 12.8 Å². The van der Waals surface area contributed by atoms with E-state index in [1.165, 1.54) is 43.7 Å². The Balaban J connectivity index is 1.55. The van der Waals surface area contributed by atoms with E-state index in [0.717, 1.165) is 31.8 Å². The maximum atomic E-state index is 12.9. The average Bonchev–Trinajstić information content (AvgIpc) is 3.25. The van der Waals surface area contributed by atoms with Gasteiger partial charge in [0, 0.05) is 6.54 Å². The van der Waals surface area contributed by atoms with Crippen LogP contribution >= 0.6 is 0 Å². The number of nitrogens with zero attached hydrogens (tertiary/aromatic N) is 1. The fourth-order valence-corrected chi connectivity index (χ4v) is 4.75. The first kappa shape index (κ1) is 15.0. The number of hydrogen-bond acceptors (Lipinski definition) is 3. The summed E-state index contributed by atoms with van der Waals surface area (Å²) in [5.74, 6) is 0.915. The smallest absolute Gasteiger partial charge is 0.178 e. The first-order valence-electron chi connectivity index (χ1n) is 7.73. The van der Waals surface area contributed by atoms with Crippen LogP contribution in [0.4, 0.5) is 4.39 Å². The molecule has 0 N–H and O–H groups in total. The van der Waals surface area contributed by atoms with Crippen molar-refractivity contribution in [1.82, 2.24) is 4.90 Å². The van der Waals surface area contributed by atoms with Crippen molar-refractivity contribution in [3.05, 3.63) is 30.1 Å². The molecule has 1 saturated heterocycles. The Morgan fingerprint density at radius 3 is 2.19 bits per heavy atom. The van der Waals surface area contributed by atoms with Gasteiger partial charge in [-0.3, -0.25) is 0 Å². The van der Waals surface area contributed by atoms with Crippen molar-refractivity contribution in [3.8, 4) is 0 Å². The summed E-state index contributed by atoms with van der Waals surface area (Å²) in [5, 5.41) is 0. The second-order valence-corrected chi connectivity index (χ2v) is 8.46. The number of piperidine rings is 1. The number of sulfone groups is 1. The van der Waals surface area contributed by atoms with Crippen LogP contribution < -0.4 is 0 Å². The Morgan fingerprint density at radius 2 is 1.62 bits per heavy atom. The second-order valence-electron chi connectivity index (χ2n) is 6.42. The summed E-state index contributed by atoms with van der Waals surface area (Å²) < 4.78 is 37.6. The summed E-state index contributed by atoms with van der Waals surface area (Å²) in [6.45, 7) is 3.22. The highest BCUT2D eigenvalue weighted by Crippen LogP contribution is 2.31. The lowest BCUT2D eigenvalue weighted by molar-refractivity contribution is 0.187. The summed E-state index contributed by atoms with van der Waals surface area (Å²) in [6.07, 6.45) is 4.62. The van der Waals surface area contributed by atoms with Crippen LogP contribution in [-0.2, 0) is 9.84 Å². The normalized spacial score (nSPS) is 21.6. The highest BCUT2D eigenvalue weighted by Gasteiger charge is 2.29. The van der Waals surface area contributed by atoms with E-state index in [1.54, 1.807) is 0 Å². The molecule has 0 amide bonds. The fourth-order valence-electron chi connectivity index (χ4n) is 3.05. The Labute approximate surface area is 126 Å². The largest absolute Gasteiger partial charge is 0.303 e. The van der Waals surface area contributed by atoms with E-state index in [4.69, 9.17) is 0 Å². The predicted octanol–water partition coefficient (Wildman–Crippen LogP) is 2.72. The molecule has 1 heterocycles. The van der Waals surface area contributed by atoms with Gasteiger partial charge in [-0.1, -0.05) is 0 Å². The van der Waals surface area contributed by atoms with Gasteiger partial charge in [0.2, 0.25) is 0 Å². The molecule has 5 heteroatoms. The minimum absolute atomic E-state index is 0.190. The molecule has 0 aromatic heterocycles. The van der Waals surface area contributed by atoms with Crippen molar-refractivity contribution in [2.75, 3.05) is 25.4 Å². The molecule has 0 bridgehead atoms. The van der Waals surface area contributed by atoms with Gasteiger partial charge in [-0.15, -0.1) is 0 Å². The van der Waals surface area contributed by atoms with E-state index in [0.29, 0.717) is 0 Å². The van der Waals surface area contributed by atoms with E-state index in [1.807, 2.05) is 0 Å². The third kappa shape index (κ3) is 4.04. The average molecular weight is 311 g/mol. The quantitative estimate of drug-likeness (QED) is 0.785. The zero-order chi connectivity index (χ0) is 14.9. The molecule has 1 aliphatic heterocycles. The SMILES string of the molecule is O=S(=O)(CC1CCN(CC2CC2)CC1)c1ccc(F)cc1. The molecular formula is C16H22FNO2S. The van der Waals surface area contributed by atoms with Crippen LogP contribution in [-0.4, -0.2) is 38.7 Å². The summed E-state index contributed by atoms with van der Waals surface area (Å²) in [6, 6.07) is 5.16. The molecule has 0 unspecified atom stereocenters. The molecule has 21 heavy (non-hydrogen) atoms. The van der Waals surface area contributed by atoms with Gasteiger partial charge in [0.15, 0.2) is 9.84 Å². The van der Waals surface area contributed by atoms with Gasteiger partial charge in [0.05, 0.1) is 10.6 Å². The number of likely N-dealkylation sites (tertiary alicyclic amines) is 1. The minimum atomic E-state index is -3.29. The van der Waals surface area contributed by atoms with Gasteiger partial charge in [0.25, 0.3) is 0 Å². The van der Waals surface area contributed by atoms with Crippen molar-refractivity contribution >= 4 is 9.84 Å². The maximum Gasteiger partial charge on any atom is 0.178 e. The van der Waals surface area contributed by atoms with Crippen LogP contribution in [0.5, 0.6) is 0 Å². The highest BCUT2D eigenvalue weighted by molar-refractivity contribution is 7.91. The monoisotopic (exact) mass is 311 g/mol. The number of halogens is 1. The van der Waals surface area contributed by atoms with Crippen molar-refractivity contribution in [1.29, 1.82) is 0 Å². The molecule has 3 nitrogen and oxygen atoms in total. The first-order chi connectivity index (χ1) is 10.0. The molecule has 3 rings (SSSR count). The number of benzene rings is 1. The maximum absolute atomic E-state index is 12.9. The summed E-state index contributed by atoms with van der Waals surface area (Å²) in [5.41, 5.74) is 0. The van der Waals surface area contributed by atoms with E-state index in [9.17, 15) is 12.8 Å². The molecule has 1 aromatic rings. The summed E-state index contributed by atoms with van der Waals surface area (Å²) in [7, 11) is -3.29. The van der Waals surface area contributed by atoms with Gasteiger partial charge >= 0.3 is 0 Å². The first-order valence-corrected chi connectivity index (χ1v) is 9.39. The zero-order valence-electron chi connectivity index (χ0n) is 12.2. The Hall–Kier alpha value is -0.940. The van der Waals surface area contributed by atoms with Crippen LogP contribution in [0.15, 0.2) is 29.2 Å². The molecule has 2 aliphatic rings. The van der Waals surface area contributed by atoms with E-state index in [-0.39, 0.29) is 16.6 Å². The Kier molecular flexibility index (Phi) is 4.31. The molecule has 0 atom stereocenters. The molecule has 2 fully saturated rings. The topological polar surface area (TPSA) is 37.4 Å². The van der Waals surface area contributed by atoms with Crippen LogP contribution in [0.1, 0.15) is 25.7 Å². The van der Waals surface area contributed by atoms with Crippen LogP contribution in [0, 0.1) is 17.7 Å². The third-order valence-corrected chi connectivity index (χ3v) is 6.45. The molecular weight excluding hydrogens is 289 g/mol. The Morgan fingerprint density at radius 1 is 1.00 bits per heavy atom. The molecule has 0 radical (unpaired) electrons. The van der Waals surface area contributed by atoms with Crippen molar-refractivity contribution in [2.45, 2.75) is 30.6 Å². The molecule has 1 aliphatic carbocycles. The lowest BCUT2D eigenvalue weighted by atomic mass is 9.99. The van der Waals surface area contributed by atoms with E-state index in [2.05, 4.69) is 4.90 Å². The molecule has 1 aromatic carbocycles. The summed E-state index contributed by atoms with van der Waals surface area (Å²) >= 11 is 0. The van der Waals surface area contributed by atoms with Crippen molar-refractivity contribution in [2.24, 2.45) is 11.8 Å². The van der Waals surface area contributed by atoms with E-state index >= 15 is 0 Å². The molecule has 0 spiro atoms. The van der Waals surface area contributed by atoms with Crippen LogP contribution in [0.3, 0.4) is 0 Å². The van der Waals surface area contributed by atoms with E-state index < -0.39 is 15.7 Å². The van der Waals surface area contributed by atoms with Crippen LogP contribution in [0.25, 0.3) is 0 Å². The highest BCUT2D eigenvalue weighted by atomic mass is 32.2. The van der Waals surface area contributed by atoms with Crippen molar-refractivity contribution in [3.63, 3.8) is 0 Å². The summed E-state index contributed by atoms with van der Waals surface area (Å²) in [4.78, 5) is 2.71. The fraction of sp³-hybridized carbons (Fsp3) is 0.625. The number of hydrogen-bond donors (Lipinski definition) is 0. The lowest BCUT2D eigenvalue weighted by Gasteiger charge is -2.31. The van der Waals surface area contributed by atoms with Gasteiger partial charge in [-0.05, 0) is 74.9 Å². The predicted molar refractivity (Wildman–Crippen MR) is 80.3 cm³/mol. The Bertz CT molecular complexity index is 573. The lowest BCUT2D eigenvalue weighted by Crippen LogP contribution is -2.37. The molecule has 1 saturated carbocycles. The van der Waals surface area contributed by atoms with Gasteiger partial charge in [-0.2, -0.15) is 0 Å². The standard InChI is InChI=1S/C16H22FNO2S/c17-15-3-5-16(6-4-15)21(19,20)12-14-7-9-18(10-8-14)11-13-1-2-13/h3-6,13-14H,1-2,7-12H2. The zero-order valence-corrected chi connectivity index (χ0v) is 13.0. The third-order valence-electron chi connectivity index (χ3n) is 4.55. The van der Waals surface area contributed by atoms with Gasteiger partial charge in [0.1, 0.15) is 5.82 Å². The van der Waals surface area contributed by atoms with Crippen LogP contribution in [0.2, 0.25) is 0 Å². The minimum Gasteiger partial charge on any atom is -0.303 e. The second kappa shape index (κ2) is 6.05. The number of rotatable bonds is 5. The van der Waals surface area contributed by atoms with Crippen molar-refractivity contribution < 1.29 is 12.8 Å². The molecule has 116 valence electrons.